The van der Waals surface area contributed by atoms with Crippen LogP contribution in [-0.4, -0.2) is 24.4 Å². The maximum atomic E-state index is 13.8. The summed E-state index contributed by atoms with van der Waals surface area (Å²) in [5.74, 6) is -1.54. The zero-order valence-electron chi connectivity index (χ0n) is 14.9. The Hall–Kier alpha value is -2.11. The van der Waals surface area contributed by atoms with Crippen LogP contribution < -0.4 is 10.6 Å². The fraction of sp³-hybridized carbons (Fsp3) is 0.300. The van der Waals surface area contributed by atoms with Crippen LogP contribution in [-0.2, 0) is 11.2 Å². The molecule has 2 N–H and O–H groups in total. The van der Waals surface area contributed by atoms with E-state index in [0.29, 0.717) is 35.9 Å². The molecular weight excluding hydrogens is 390 g/mol. The predicted octanol–water partition coefficient (Wildman–Crippen LogP) is 4.39. The first kappa shape index (κ1) is 21.2. The molecule has 2 aromatic carbocycles. The molecule has 0 heterocycles. The molecule has 4 nitrogen and oxygen atoms in total. The van der Waals surface area contributed by atoms with Crippen LogP contribution in [0.3, 0.4) is 0 Å². The van der Waals surface area contributed by atoms with Crippen LogP contribution in [0.4, 0.5) is 4.39 Å². The molecule has 2 aromatic rings. The Morgan fingerprint density at radius 3 is 2.56 bits per heavy atom. The summed E-state index contributed by atoms with van der Waals surface area (Å²) in [7, 11) is 0. The summed E-state index contributed by atoms with van der Waals surface area (Å²) in [6, 6.07) is 10.1. The van der Waals surface area contributed by atoms with E-state index in [9.17, 15) is 14.0 Å². The van der Waals surface area contributed by atoms with E-state index >= 15 is 0 Å². The van der Waals surface area contributed by atoms with Gasteiger partial charge >= 0.3 is 0 Å². The van der Waals surface area contributed by atoms with Crippen molar-refractivity contribution in [1.29, 1.82) is 0 Å². The number of halogens is 3. The minimum Gasteiger partial charge on any atom is -0.354 e. The number of benzene rings is 2. The molecule has 1 atom stereocenters. The predicted molar refractivity (Wildman–Crippen MR) is 106 cm³/mol. The molecule has 2 rings (SSSR count). The summed E-state index contributed by atoms with van der Waals surface area (Å²) in [6.45, 7) is 2.26. The Bertz CT molecular complexity index is 814. The van der Waals surface area contributed by atoms with Crippen molar-refractivity contribution in [2.24, 2.45) is 0 Å². The standard InChI is InChI=1S/C20H21Cl2FN2O2/c1-2-5-18(25-19(26)15-6-3-4-7-17(15)23)20(27)24-11-10-13-8-9-14(21)12-16(13)22/h3-4,6-9,12,18H,2,5,10-11H2,1H3,(H,24,27)(H,25,26). The first-order valence-corrected chi connectivity index (χ1v) is 9.45. The summed E-state index contributed by atoms with van der Waals surface area (Å²) < 4.78 is 13.8. The summed E-state index contributed by atoms with van der Waals surface area (Å²) in [4.78, 5) is 24.7. The van der Waals surface area contributed by atoms with Crippen LogP contribution in [0, 0.1) is 5.82 Å². The molecular formula is C20H21Cl2FN2O2. The summed E-state index contributed by atoms with van der Waals surface area (Å²) in [5, 5.41) is 6.48. The Balaban J connectivity index is 1.94. The third-order valence-electron chi connectivity index (χ3n) is 4.03. The third kappa shape index (κ3) is 6.22. The van der Waals surface area contributed by atoms with Crippen molar-refractivity contribution >= 4 is 35.0 Å². The SMILES string of the molecule is CCCC(NC(=O)c1ccccc1F)C(=O)NCCc1ccc(Cl)cc1Cl. The van der Waals surface area contributed by atoms with Crippen LogP contribution in [0.2, 0.25) is 10.0 Å². The van der Waals surface area contributed by atoms with Crippen LogP contribution in [0.5, 0.6) is 0 Å². The molecule has 27 heavy (non-hydrogen) atoms. The largest absolute Gasteiger partial charge is 0.354 e. The van der Waals surface area contributed by atoms with Crippen molar-refractivity contribution in [3.8, 4) is 0 Å². The van der Waals surface area contributed by atoms with E-state index in [0.717, 1.165) is 5.56 Å². The first-order valence-electron chi connectivity index (χ1n) is 8.69. The highest BCUT2D eigenvalue weighted by atomic mass is 35.5. The normalized spacial score (nSPS) is 11.7. The topological polar surface area (TPSA) is 58.2 Å². The van der Waals surface area contributed by atoms with Gasteiger partial charge in [-0.3, -0.25) is 9.59 Å². The van der Waals surface area contributed by atoms with Gasteiger partial charge in [-0.2, -0.15) is 0 Å². The molecule has 7 heteroatoms. The van der Waals surface area contributed by atoms with Gasteiger partial charge in [-0.1, -0.05) is 54.7 Å². The Morgan fingerprint density at radius 1 is 1.15 bits per heavy atom. The van der Waals surface area contributed by atoms with E-state index in [4.69, 9.17) is 23.2 Å². The van der Waals surface area contributed by atoms with Crippen molar-refractivity contribution in [3.63, 3.8) is 0 Å². The van der Waals surface area contributed by atoms with Gasteiger partial charge in [-0.05, 0) is 42.7 Å². The molecule has 144 valence electrons. The van der Waals surface area contributed by atoms with Gasteiger partial charge in [0.05, 0.1) is 5.56 Å². The van der Waals surface area contributed by atoms with Crippen LogP contribution in [0.15, 0.2) is 42.5 Å². The van der Waals surface area contributed by atoms with E-state index in [-0.39, 0.29) is 11.5 Å². The number of hydrogen-bond donors (Lipinski definition) is 2. The molecule has 0 saturated carbocycles. The average molecular weight is 411 g/mol. The zero-order chi connectivity index (χ0) is 19.8. The number of hydrogen-bond acceptors (Lipinski definition) is 2. The maximum absolute atomic E-state index is 13.8. The number of carbonyl (C=O) groups is 2. The molecule has 0 radical (unpaired) electrons. The van der Waals surface area contributed by atoms with E-state index in [1.54, 1.807) is 24.3 Å². The summed E-state index contributed by atoms with van der Waals surface area (Å²) in [5.41, 5.74) is 0.781. The molecule has 0 aliphatic carbocycles. The van der Waals surface area contributed by atoms with E-state index in [1.807, 2.05) is 6.92 Å². The van der Waals surface area contributed by atoms with Gasteiger partial charge in [-0.15, -0.1) is 0 Å². The van der Waals surface area contributed by atoms with Crippen molar-refractivity contribution in [2.45, 2.75) is 32.2 Å². The van der Waals surface area contributed by atoms with Gasteiger partial charge < -0.3 is 10.6 Å². The third-order valence-corrected chi connectivity index (χ3v) is 4.61. The highest BCUT2D eigenvalue weighted by molar-refractivity contribution is 6.35. The smallest absolute Gasteiger partial charge is 0.254 e. The van der Waals surface area contributed by atoms with Crippen molar-refractivity contribution in [2.75, 3.05) is 6.54 Å². The van der Waals surface area contributed by atoms with Crippen LogP contribution in [0.25, 0.3) is 0 Å². The highest BCUT2D eigenvalue weighted by Crippen LogP contribution is 2.21. The van der Waals surface area contributed by atoms with Gasteiger partial charge in [0.2, 0.25) is 5.91 Å². The van der Waals surface area contributed by atoms with Crippen molar-refractivity contribution in [1.82, 2.24) is 10.6 Å². The molecule has 0 aromatic heterocycles. The second-order valence-corrected chi connectivity index (χ2v) is 6.91. The Labute approximate surface area is 168 Å². The zero-order valence-corrected chi connectivity index (χ0v) is 16.4. The molecule has 2 amide bonds. The lowest BCUT2D eigenvalue weighted by Gasteiger charge is -2.18. The second kappa shape index (κ2) is 10.3. The second-order valence-electron chi connectivity index (χ2n) is 6.07. The quantitative estimate of drug-likeness (QED) is 0.677. The fourth-order valence-electron chi connectivity index (χ4n) is 2.61. The molecule has 0 fully saturated rings. The van der Waals surface area contributed by atoms with Gasteiger partial charge in [0.15, 0.2) is 0 Å². The Morgan fingerprint density at radius 2 is 1.89 bits per heavy atom. The number of rotatable bonds is 8. The number of nitrogens with one attached hydrogen (secondary N) is 2. The Kier molecular flexibility index (Phi) is 8.07. The summed E-state index contributed by atoms with van der Waals surface area (Å²) in [6.07, 6.45) is 1.67. The fourth-order valence-corrected chi connectivity index (χ4v) is 3.11. The molecule has 0 aliphatic heterocycles. The van der Waals surface area contributed by atoms with Crippen molar-refractivity contribution in [3.05, 3.63) is 69.5 Å². The van der Waals surface area contributed by atoms with Gasteiger partial charge in [0.1, 0.15) is 11.9 Å². The minimum absolute atomic E-state index is 0.0839. The minimum atomic E-state index is -0.734. The molecule has 0 spiro atoms. The molecule has 0 bridgehead atoms. The van der Waals surface area contributed by atoms with Crippen molar-refractivity contribution < 1.29 is 14.0 Å². The number of amides is 2. The van der Waals surface area contributed by atoms with Gasteiger partial charge in [0, 0.05) is 16.6 Å². The van der Waals surface area contributed by atoms with E-state index in [1.165, 1.54) is 18.2 Å². The maximum Gasteiger partial charge on any atom is 0.254 e. The monoisotopic (exact) mass is 410 g/mol. The first-order chi connectivity index (χ1) is 12.9. The van der Waals surface area contributed by atoms with Crippen LogP contribution in [0.1, 0.15) is 35.7 Å². The van der Waals surface area contributed by atoms with E-state index < -0.39 is 17.8 Å². The lowest BCUT2D eigenvalue weighted by atomic mass is 10.1. The van der Waals surface area contributed by atoms with Gasteiger partial charge in [0.25, 0.3) is 5.91 Å². The molecule has 0 aliphatic rings. The van der Waals surface area contributed by atoms with Gasteiger partial charge in [-0.25, -0.2) is 4.39 Å². The lowest BCUT2D eigenvalue weighted by Crippen LogP contribution is -2.47. The molecule has 1 unspecified atom stereocenters. The average Bonchev–Trinajstić information content (AvgIpc) is 2.63. The van der Waals surface area contributed by atoms with E-state index in [2.05, 4.69) is 10.6 Å². The summed E-state index contributed by atoms with van der Waals surface area (Å²) >= 11 is 12.0. The molecule has 0 saturated heterocycles. The van der Waals surface area contributed by atoms with Crippen LogP contribution >= 0.6 is 23.2 Å². The number of carbonyl (C=O) groups excluding carboxylic acids is 2. The lowest BCUT2D eigenvalue weighted by molar-refractivity contribution is -0.123. The highest BCUT2D eigenvalue weighted by Gasteiger charge is 2.21.